The second kappa shape index (κ2) is 7.81. The van der Waals surface area contributed by atoms with Crippen LogP contribution in [0.5, 0.6) is 0 Å². The molecule has 3 rings (SSSR count). The third-order valence-corrected chi connectivity index (χ3v) is 6.70. The second-order valence-corrected chi connectivity index (χ2v) is 7.71. The SMILES string of the molecule is CC[N+]1(CC)CCN(C(c2ccccc2)C2CCCCC2)CC1. The molecule has 1 aromatic rings. The molecule has 2 heteroatoms. The zero-order valence-electron chi connectivity index (χ0n) is 15.2. The van der Waals surface area contributed by atoms with Crippen molar-refractivity contribution in [3.05, 3.63) is 35.9 Å². The Hall–Kier alpha value is -0.860. The molecule has 0 bridgehead atoms. The first-order chi connectivity index (χ1) is 11.3. The van der Waals surface area contributed by atoms with Gasteiger partial charge in [0.1, 0.15) is 0 Å². The predicted octanol–water partition coefficient (Wildman–Crippen LogP) is 4.48. The van der Waals surface area contributed by atoms with Crippen LogP contribution >= 0.6 is 0 Å². The first kappa shape index (κ1) is 17.0. The van der Waals surface area contributed by atoms with Crippen LogP contribution in [0.3, 0.4) is 0 Å². The van der Waals surface area contributed by atoms with E-state index in [9.17, 15) is 0 Å². The van der Waals surface area contributed by atoms with Crippen LogP contribution in [0, 0.1) is 5.92 Å². The minimum Gasteiger partial charge on any atom is -0.322 e. The second-order valence-electron chi connectivity index (χ2n) is 7.71. The van der Waals surface area contributed by atoms with Crippen molar-refractivity contribution in [2.75, 3.05) is 39.3 Å². The summed E-state index contributed by atoms with van der Waals surface area (Å²) >= 11 is 0. The third-order valence-electron chi connectivity index (χ3n) is 6.70. The normalized spacial score (nSPS) is 24.4. The van der Waals surface area contributed by atoms with Gasteiger partial charge >= 0.3 is 0 Å². The van der Waals surface area contributed by atoms with Crippen LogP contribution in [0.25, 0.3) is 0 Å². The predicted molar refractivity (Wildman–Crippen MR) is 98.4 cm³/mol. The number of hydrogen-bond acceptors (Lipinski definition) is 1. The summed E-state index contributed by atoms with van der Waals surface area (Å²) in [4.78, 5) is 2.83. The van der Waals surface area contributed by atoms with Gasteiger partial charge in [-0.25, -0.2) is 0 Å². The van der Waals surface area contributed by atoms with Crippen molar-refractivity contribution in [3.63, 3.8) is 0 Å². The maximum Gasteiger partial charge on any atom is 0.0916 e. The van der Waals surface area contributed by atoms with Gasteiger partial charge in [0, 0.05) is 19.1 Å². The monoisotopic (exact) mass is 315 g/mol. The summed E-state index contributed by atoms with van der Waals surface area (Å²) in [7, 11) is 0. The van der Waals surface area contributed by atoms with Gasteiger partial charge < -0.3 is 4.48 Å². The molecule has 1 aliphatic heterocycles. The minimum absolute atomic E-state index is 0.660. The van der Waals surface area contributed by atoms with Crippen molar-refractivity contribution in [3.8, 4) is 0 Å². The topological polar surface area (TPSA) is 3.24 Å². The Morgan fingerprint density at radius 1 is 0.957 bits per heavy atom. The van der Waals surface area contributed by atoms with Crippen molar-refractivity contribution < 1.29 is 4.48 Å². The highest BCUT2D eigenvalue weighted by atomic mass is 15.4. The zero-order chi connectivity index (χ0) is 16.1. The van der Waals surface area contributed by atoms with E-state index in [1.54, 1.807) is 5.56 Å². The van der Waals surface area contributed by atoms with Crippen LogP contribution in [0.2, 0.25) is 0 Å². The van der Waals surface area contributed by atoms with E-state index < -0.39 is 0 Å². The van der Waals surface area contributed by atoms with Crippen LogP contribution in [0.15, 0.2) is 30.3 Å². The Morgan fingerprint density at radius 3 is 2.13 bits per heavy atom. The number of rotatable bonds is 5. The molecule has 1 aromatic carbocycles. The first-order valence-electron chi connectivity index (χ1n) is 9.92. The number of benzene rings is 1. The fourth-order valence-corrected chi connectivity index (χ4v) is 4.92. The lowest BCUT2D eigenvalue weighted by Gasteiger charge is -2.48. The van der Waals surface area contributed by atoms with Crippen LogP contribution in [-0.2, 0) is 0 Å². The van der Waals surface area contributed by atoms with Gasteiger partial charge in [-0.3, -0.25) is 4.90 Å². The molecule has 23 heavy (non-hydrogen) atoms. The summed E-state index contributed by atoms with van der Waals surface area (Å²) in [6, 6.07) is 12.0. The largest absolute Gasteiger partial charge is 0.322 e. The van der Waals surface area contributed by atoms with Crippen LogP contribution in [0.4, 0.5) is 0 Å². The van der Waals surface area contributed by atoms with Crippen molar-refractivity contribution in [1.82, 2.24) is 4.90 Å². The van der Waals surface area contributed by atoms with E-state index in [1.165, 1.54) is 75.9 Å². The maximum absolute atomic E-state index is 2.83. The number of hydrogen-bond donors (Lipinski definition) is 0. The molecule has 1 saturated heterocycles. The van der Waals surface area contributed by atoms with Crippen molar-refractivity contribution in [1.29, 1.82) is 0 Å². The molecule has 1 aliphatic carbocycles. The Kier molecular flexibility index (Phi) is 5.76. The number of likely N-dealkylation sites (N-methyl/N-ethyl adjacent to an activating group) is 1. The lowest BCUT2D eigenvalue weighted by molar-refractivity contribution is -0.929. The van der Waals surface area contributed by atoms with Crippen LogP contribution in [-0.4, -0.2) is 48.7 Å². The number of nitrogens with zero attached hydrogens (tertiary/aromatic N) is 2. The minimum atomic E-state index is 0.660. The molecule has 0 N–H and O–H groups in total. The Labute approximate surface area is 143 Å². The van der Waals surface area contributed by atoms with E-state index in [2.05, 4.69) is 49.1 Å². The van der Waals surface area contributed by atoms with Crippen LogP contribution in [0.1, 0.15) is 57.6 Å². The highest BCUT2D eigenvalue weighted by molar-refractivity contribution is 5.20. The number of piperazine rings is 1. The molecule has 2 aliphatic rings. The third kappa shape index (κ3) is 3.80. The lowest BCUT2D eigenvalue weighted by Crippen LogP contribution is -2.60. The zero-order valence-corrected chi connectivity index (χ0v) is 15.2. The molecule has 2 nitrogen and oxygen atoms in total. The Balaban J connectivity index is 1.76. The smallest absolute Gasteiger partial charge is 0.0916 e. The fraction of sp³-hybridized carbons (Fsp3) is 0.714. The maximum atomic E-state index is 2.83. The summed E-state index contributed by atoms with van der Waals surface area (Å²) in [5, 5.41) is 0. The lowest BCUT2D eigenvalue weighted by atomic mass is 9.80. The van der Waals surface area contributed by atoms with Crippen LogP contribution < -0.4 is 0 Å². The van der Waals surface area contributed by atoms with E-state index in [1.807, 2.05) is 0 Å². The highest BCUT2D eigenvalue weighted by Crippen LogP contribution is 2.39. The fourth-order valence-electron chi connectivity index (χ4n) is 4.92. The molecule has 0 radical (unpaired) electrons. The molecule has 0 amide bonds. The van der Waals surface area contributed by atoms with Crippen molar-refractivity contribution >= 4 is 0 Å². The van der Waals surface area contributed by atoms with E-state index in [0.717, 1.165) is 5.92 Å². The van der Waals surface area contributed by atoms with E-state index in [0.29, 0.717) is 6.04 Å². The first-order valence-corrected chi connectivity index (χ1v) is 9.92. The van der Waals surface area contributed by atoms with Gasteiger partial charge in [-0.2, -0.15) is 0 Å². The summed E-state index contributed by atoms with van der Waals surface area (Å²) < 4.78 is 1.32. The molecular formula is C21H35N2+. The summed E-state index contributed by atoms with van der Waals surface area (Å²) in [6.07, 6.45) is 7.18. The highest BCUT2D eigenvalue weighted by Gasteiger charge is 2.36. The Morgan fingerprint density at radius 2 is 1.57 bits per heavy atom. The van der Waals surface area contributed by atoms with Gasteiger partial charge in [-0.05, 0) is 38.2 Å². The molecule has 1 unspecified atom stereocenters. The van der Waals surface area contributed by atoms with E-state index in [-0.39, 0.29) is 0 Å². The summed E-state index contributed by atoms with van der Waals surface area (Å²) in [5.74, 6) is 0.870. The van der Waals surface area contributed by atoms with Gasteiger partial charge in [0.25, 0.3) is 0 Å². The number of quaternary nitrogens is 1. The standard InChI is InChI=1S/C21H35N2/c1-3-23(4-2)17-15-22(16-18-23)21(19-11-7-5-8-12-19)20-13-9-6-10-14-20/h5,7-8,11-12,20-21H,3-4,6,9-10,13-18H2,1-2H3/q+1. The van der Waals surface area contributed by atoms with Crippen molar-refractivity contribution in [2.45, 2.75) is 52.0 Å². The van der Waals surface area contributed by atoms with Gasteiger partial charge in [-0.15, -0.1) is 0 Å². The molecule has 1 saturated carbocycles. The molecule has 1 heterocycles. The molecule has 0 aromatic heterocycles. The average molecular weight is 316 g/mol. The molecule has 1 atom stereocenters. The van der Waals surface area contributed by atoms with Gasteiger partial charge in [-0.1, -0.05) is 49.6 Å². The Bertz CT molecular complexity index is 450. The van der Waals surface area contributed by atoms with Gasteiger partial charge in [0.15, 0.2) is 0 Å². The molecule has 0 spiro atoms. The van der Waals surface area contributed by atoms with Gasteiger partial charge in [0.2, 0.25) is 0 Å². The van der Waals surface area contributed by atoms with E-state index in [4.69, 9.17) is 0 Å². The summed E-state index contributed by atoms with van der Waals surface area (Å²) in [5.41, 5.74) is 1.56. The van der Waals surface area contributed by atoms with Gasteiger partial charge in [0.05, 0.1) is 26.2 Å². The van der Waals surface area contributed by atoms with E-state index >= 15 is 0 Å². The summed E-state index contributed by atoms with van der Waals surface area (Å²) in [6.45, 7) is 12.6. The van der Waals surface area contributed by atoms with Crippen molar-refractivity contribution in [2.24, 2.45) is 5.92 Å². The molecule has 128 valence electrons. The quantitative estimate of drug-likeness (QED) is 0.724. The average Bonchev–Trinajstić information content (AvgIpc) is 2.65. The molecular weight excluding hydrogens is 280 g/mol. The molecule has 2 fully saturated rings.